The molecule has 4 aromatic rings. The molecule has 3 heterocycles. The Morgan fingerprint density at radius 2 is 1.97 bits per heavy atom. The van der Waals surface area contributed by atoms with Crippen LogP contribution in [0.1, 0.15) is 22.8 Å². The van der Waals surface area contributed by atoms with Crippen molar-refractivity contribution < 1.29 is 9.53 Å². The standard InChI is InChI=1S/C24H26N4O2S/c1-2-17-3-5-18(6-4-17)20-16-28-21-8-7-19(15-22(21)31-24(28)26-20)23(29)25-9-10-27-11-13-30-14-12-27/h3-8,15-16H,2,9-14H2,1H3,(H,25,29). The first-order valence-electron chi connectivity index (χ1n) is 10.8. The number of hydrogen-bond acceptors (Lipinski definition) is 5. The smallest absolute Gasteiger partial charge is 0.251 e. The summed E-state index contributed by atoms with van der Waals surface area (Å²) in [4.78, 5) is 20.7. The number of aryl methyl sites for hydroxylation is 1. The van der Waals surface area contributed by atoms with Gasteiger partial charge >= 0.3 is 0 Å². The minimum Gasteiger partial charge on any atom is -0.379 e. The van der Waals surface area contributed by atoms with Gasteiger partial charge < -0.3 is 10.1 Å². The highest BCUT2D eigenvalue weighted by atomic mass is 32.1. The molecule has 0 spiro atoms. The molecule has 1 saturated heterocycles. The van der Waals surface area contributed by atoms with E-state index in [1.54, 1.807) is 11.3 Å². The molecule has 1 N–H and O–H groups in total. The van der Waals surface area contributed by atoms with E-state index in [4.69, 9.17) is 9.72 Å². The summed E-state index contributed by atoms with van der Waals surface area (Å²) in [5.74, 6) is -0.0297. The lowest BCUT2D eigenvalue weighted by Crippen LogP contribution is -2.41. The van der Waals surface area contributed by atoms with Crippen LogP contribution < -0.4 is 5.32 Å². The largest absolute Gasteiger partial charge is 0.379 e. The first-order valence-corrected chi connectivity index (χ1v) is 11.6. The Labute approximate surface area is 185 Å². The molecule has 1 fully saturated rings. The Morgan fingerprint density at radius 3 is 2.74 bits per heavy atom. The third-order valence-electron chi connectivity index (χ3n) is 5.83. The summed E-state index contributed by atoms with van der Waals surface area (Å²) in [6.45, 7) is 7.07. The van der Waals surface area contributed by atoms with Crippen molar-refractivity contribution in [2.75, 3.05) is 39.4 Å². The van der Waals surface area contributed by atoms with E-state index in [2.05, 4.69) is 52.0 Å². The number of aromatic nitrogens is 2. The molecule has 0 unspecified atom stereocenters. The van der Waals surface area contributed by atoms with Crippen molar-refractivity contribution in [2.45, 2.75) is 13.3 Å². The number of nitrogens with one attached hydrogen (secondary N) is 1. The van der Waals surface area contributed by atoms with Gasteiger partial charge in [-0.1, -0.05) is 42.5 Å². The number of thiazole rings is 1. The number of rotatable bonds is 6. The maximum atomic E-state index is 12.6. The van der Waals surface area contributed by atoms with Crippen molar-refractivity contribution in [1.29, 1.82) is 0 Å². The lowest BCUT2D eigenvalue weighted by atomic mass is 10.1. The summed E-state index contributed by atoms with van der Waals surface area (Å²) in [6, 6.07) is 14.5. The van der Waals surface area contributed by atoms with Gasteiger partial charge in [-0.2, -0.15) is 0 Å². The molecule has 1 aliphatic heterocycles. The third kappa shape index (κ3) is 4.21. The summed E-state index contributed by atoms with van der Waals surface area (Å²) < 4.78 is 8.54. The number of nitrogens with zero attached hydrogens (tertiary/aromatic N) is 3. The van der Waals surface area contributed by atoms with Gasteiger partial charge in [-0.15, -0.1) is 0 Å². The number of amides is 1. The zero-order valence-electron chi connectivity index (χ0n) is 17.6. The number of benzene rings is 2. The summed E-state index contributed by atoms with van der Waals surface area (Å²) in [5, 5.41) is 3.04. The molecule has 0 saturated carbocycles. The van der Waals surface area contributed by atoms with E-state index >= 15 is 0 Å². The minimum absolute atomic E-state index is 0.0297. The fraction of sp³-hybridized carbons (Fsp3) is 0.333. The van der Waals surface area contributed by atoms with Crippen LogP contribution in [0.4, 0.5) is 0 Å². The number of morpholine rings is 1. The highest BCUT2D eigenvalue weighted by Gasteiger charge is 2.14. The predicted octanol–water partition coefficient (Wildman–Crippen LogP) is 3.84. The number of hydrogen-bond donors (Lipinski definition) is 1. The second-order valence-electron chi connectivity index (χ2n) is 7.82. The number of imidazole rings is 1. The van der Waals surface area contributed by atoms with E-state index in [1.807, 2.05) is 18.2 Å². The molecular formula is C24H26N4O2S. The molecule has 0 radical (unpaired) electrons. The van der Waals surface area contributed by atoms with Gasteiger partial charge in [0.1, 0.15) is 0 Å². The summed E-state index contributed by atoms with van der Waals surface area (Å²) in [7, 11) is 0. The second kappa shape index (κ2) is 8.78. The van der Waals surface area contributed by atoms with Gasteiger partial charge in [-0.3, -0.25) is 14.1 Å². The normalized spacial score (nSPS) is 15.0. The molecular weight excluding hydrogens is 408 g/mol. The van der Waals surface area contributed by atoms with Gasteiger partial charge in [0.25, 0.3) is 5.91 Å². The highest BCUT2D eigenvalue weighted by Crippen LogP contribution is 2.30. The van der Waals surface area contributed by atoms with E-state index in [9.17, 15) is 4.79 Å². The van der Waals surface area contributed by atoms with E-state index in [0.717, 1.165) is 65.7 Å². The van der Waals surface area contributed by atoms with Crippen LogP contribution in [0.25, 0.3) is 26.4 Å². The fourth-order valence-electron chi connectivity index (χ4n) is 3.95. The van der Waals surface area contributed by atoms with Crippen LogP contribution in [-0.4, -0.2) is 59.6 Å². The first-order chi connectivity index (χ1) is 15.2. The molecule has 5 rings (SSSR count). The van der Waals surface area contributed by atoms with Gasteiger partial charge in [-0.25, -0.2) is 4.98 Å². The zero-order chi connectivity index (χ0) is 21.2. The van der Waals surface area contributed by atoms with Crippen LogP contribution >= 0.6 is 11.3 Å². The van der Waals surface area contributed by atoms with Crippen LogP contribution in [0.3, 0.4) is 0 Å². The lowest BCUT2D eigenvalue weighted by Gasteiger charge is -2.26. The van der Waals surface area contributed by atoms with E-state index in [0.29, 0.717) is 12.1 Å². The number of carbonyl (C=O) groups excluding carboxylic acids is 1. The summed E-state index contributed by atoms with van der Waals surface area (Å²) >= 11 is 1.61. The predicted molar refractivity (Wildman–Crippen MR) is 125 cm³/mol. The number of fused-ring (bicyclic) bond motifs is 3. The van der Waals surface area contributed by atoms with E-state index in [-0.39, 0.29) is 5.91 Å². The molecule has 2 aromatic heterocycles. The summed E-state index contributed by atoms with van der Waals surface area (Å²) in [6.07, 6.45) is 3.11. The monoisotopic (exact) mass is 434 g/mol. The Kier molecular flexibility index (Phi) is 5.72. The molecule has 0 bridgehead atoms. The molecule has 0 aliphatic carbocycles. The van der Waals surface area contributed by atoms with Gasteiger partial charge in [-0.05, 0) is 30.2 Å². The van der Waals surface area contributed by atoms with Crippen LogP contribution in [-0.2, 0) is 11.2 Å². The van der Waals surface area contributed by atoms with Gasteiger partial charge in [0.2, 0.25) is 0 Å². The zero-order valence-corrected chi connectivity index (χ0v) is 18.5. The maximum absolute atomic E-state index is 12.6. The number of carbonyl (C=O) groups is 1. The van der Waals surface area contributed by atoms with E-state index < -0.39 is 0 Å². The topological polar surface area (TPSA) is 58.9 Å². The summed E-state index contributed by atoms with van der Waals surface area (Å²) in [5.41, 5.74) is 5.19. The van der Waals surface area contributed by atoms with Crippen LogP contribution in [0, 0.1) is 0 Å². The molecule has 31 heavy (non-hydrogen) atoms. The molecule has 7 heteroatoms. The minimum atomic E-state index is -0.0297. The van der Waals surface area contributed by atoms with Crippen molar-refractivity contribution in [1.82, 2.24) is 19.6 Å². The van der Waals surface area contributed by atoms with Gasteiger partial charge in [0.15, 0.2) is 4.96 Å². The molecule has 0 atom stereocenters. The second-order valence-corrected chi connectivity index (χ2v) is 8.83. The van der Waals surface area contributed by atoms with Crippen molar-refractivity contribution >= 4 is 32.4 Å². The molecule has 1 aliphatic rings. The Balaban J connectivity index is 1.31. The Morgan fingerprint density at radius 1 is 1.16 bits per heavy atom. The molecule has 6 nitrogen and oxygen atoms in total. The van der Waals surface area contributed by atoms with Crippen molar-refractivity contribution in [3.63, 3.8) is 0 Å². The van der Waals surface area contributed by atoms with Crippen molar-refractivity contribution in [3.8, 4) is 11.3 Å². The van der Waals surface area contributed by atoms with Gasteiger partial charge in [0, 0.05) is 43.5 Å². The average molecular weight is 435 g/mol. The average Bonchev–Trinajstić information content (AvgIpc) is 3.37. The van der Waals surface area contributed by atoms with Crippen molar-refractivity contribution in [2.24, 2.45) is 0 Å². The fourth-order valence-corrected chi connectivity index (χ4v) is 4.99. The SMILES string of the molecule is CCc1ccc(-c2cn3c(n2)sc2cc(C(=O)NCCN4CCOCC4)ccc23)cc1. The number of ether oxygens (including phenoxy) is 1. The molecule has 2 aromatic carbocycles. The Bertz CT molecular complexity index is 1210. The molecule has 160 valence electrons. The quantitative estimate of drug-likeness (QED) is 0.501. The van der Waals surface area contributed by atoms with Crippen molar-refractivity contribution in [3.05, 3.63) is 59.8 Å². The Hall–Kier alpha value is -2.74. The highest BCUT2D eigenvalue weighted by molar-refractivity contribution is 7.23. The van der Waals surface area contributed by atoms with Crippen LogP contribution in [0.2, 0.25) is 0 Å². The lowest BCUT2D eigenvalue weighted by molar-refractivity contribution is 0.0383. The van der Waals surface area contributed by atoms with E-state index in [1.165, 1.54) is 5.56 Å². The molecule has 1 amide bonds. The van der Waals surface area contributed by atoms with Crippen LogP contribution in [0.5, 0.6) is 0 Å². The maximum Gasteiger partial charge on any atom is 0.251 e. The third-order valence-corrected chi connectivity index (χ3v) is 6.85. The van der Waals surface area contributed by atoms with Crippen LogP contribution in [0.15, 0.2) is 48.7 Å². The van der Waals surface area contributed by atoms with Gasteiger partial charge in [0.05, 0.1) is 29.1 Å². The first kappa shape index (κ1) is 20.2.